The fourth-order valence-electron chi connectivity index (χ4n) is 1.81. The Morgan fingerprint density at radius 2 is 2.25 bits per heavy atom. The Labute approximate surface area is 93.3 Å². The molecule has 0 aliphatic carbocycles. The van der Waals surface area contributed by atoms with Gasteiger partial charge in [0, 0.05) is 24.5 Å². The van der Waals surface area contributed by atoms with Gasteiger partial charge in [-0.05, 0) is 12.1 Å². The first-order valence-electron chi connectivity index (χ1n) is 4.98. The molecule has 0 saturated carbocycles. The summed E-state index contributed by atoms with van der Waals surface area (Å²) in [6, 6.07) is 7.15. The van der Waals surface area contributed by atoms with E-state index in [1.165, 1.54) is 0 Å². The number of aryl methyl sites for hydroxylation is 1. The quantitative estimate of drug-likeness (QED) is 0.795. The highest BCUT2D eigenvalue weighted by atomic mass is 16.4. The van der Waals surface area contributed by atoms with Crippen molar-refractivity contribution >= 4 is 16.9 Å². The van der Waals surface area contributed by atoms with Crippen LogP contribution < -0.4 is 0 Å². The summed E-state index contributed by atoms with van der Waals surface area (Å²) in [7, 11) is 0. The number of para-hydroxylation sites is 1. The van der Waals surface area contributed by atoms with Crippen molar-refractivity contribution in [1.82, 2.24) is 4.57 Å². The molecule has 0 fully saturated rings. The van der Waals surface area contributed by atoms with Gasteiger partial charge in [0.25, 0.3) is 0 Å². The maximum absolute atomic E-state index is 11.1. The molecule has 2 aromatic rings. The van der Waals surface area contributed by atoms with E-state index in [1.54, 1.807) is 12.1 Å². The number of aromatic nitrogens is 1. The van der Waals surface area contributed by atoms with E-state index in [0.29, 0.717) is 18.5 Å². The number of terminal acetylenes is 1. The predicted octanol–water partition coefficient (Wildman–Crippen LogP) is 2.36. The number of carbonyl (C=O) groups is 1. The largest absolute Gasteiger partial charge is 0.478 e. The van der Waals surface area contributed by atoms with Crippen LogP contribution in [0.5, 0.6) is 0 Å². The highest BCUT2D eigenvalue weighted by Gasteiger charge is 2.11. The number of carboxylic acid groups (broad SMARTS) is 1. The van der Waals surface area contributed by atoms with Gasteiger partial charge in [0.2, 0.25) is 0 Å². The summed E-state index contributed by atoms with van der Waals surface area (Å²) >= 11 is 0. The average molecular weight is 213 g/mol. The van der Waals surface area contributed by atoms with Crippen LogP contribution in [0.15, 0.2) is 30.5 Å². The fraction of sp³-hybridized carbons (Fsp3) is 0.154. The van der Waals surface area contributed by atoms with Crippen LogP contribution in [0, 0.1) is 12.3 Å². The Hall–Kier alpha value is -2.21. The number of hydrogen-bond acceptors (Lipinski definition) is 1. The van der Waals surface area contributed by atoms with Gasteiger partial charge in [-0.2, -0.15) is 0 Å². The van der Waals surface area contributed by atoms with Gasteiger partial charge in [0.15, 0.2) is 0 Å². The van der Waals surface area contributed by atoms with Crippen LogP contribution >= 0.6 is 0 Å². The van der Waals surface area contributed by atoms with Crippen molar-refractivity contribution in [1.29, 1.82) is 0 Å². The van der Waals surface area contributed by atoms with Gasteiger partial charge in [-0.15, -0.1) is 12.3 Å². The summed E-state index contributed by atoms with van der Waals surface area (Å²) in [5.74, 6) is 1.64. The molecule has 1 aromatic heterocycles. The van der Waals surface area contributed by atoms with Crippen molar-refractivity contribution in [2.24, 2.45) is 0 Å². The summed E-state index contributed by atoms with van der Waals surface area (Å²) in [5.41, 5.74) is 1.06. The van der Waals surface area contributed by atoms with Gasteiger partial charge < -0.3 is 9.67 Å². The SMILES string of the molecule is C#CCCn1ccc2cccc(C(=O)O)c21. The highest BCUT2D eigenvalue weighted by molar-refractivity contribution is 6.02. The third kappa shape index (κ3) is 1.66. The normalized spacial score (nSPS) is 10.2. The monoisotopic (exact) mass is 213 g/mol. The molecule has 1 heterocycles. The van der Waals surface area contributed by atoms with Gasteiger partial charge in [-0.3, -0.25) is 0 Å². The number of hydrogen-bond donors (Lipinski definition) is 1. The molecule has 0 aliphatic heterocycles. The second-order valence-corrected chi connectivity index (χ2v) is 3.51. The Bertz CT molecular complexity index is 575. The molecule has 16 heavy (non-hydrogen) atoms. The van der Waals surface area contributed by atoms with Crippen molar-refractivity contribution in [3.63, 3.8) is 0 Å². The first-order valence-corrected chi connectivity index (χ1v) is 4.98. The number of benzene rings is 1. The molecule has 0 aliphatic rings. The second kappa shape index (κ2) is 4.11. The average Bonchev–Trinajstić information content (AvgIpc) is 2.69. The summed E-state index contributed by atoms with van der Waals surface area (Å²) in [6.07, 6.45) is 7.67. The topological polar surface area (TPSA) is 42.2 Å². The van der Waals surface area contributed by atoms with Crippen molar-refractivity contribution < 1.29 is 9.90 Å². The first kappa shape index (κ1) is 10.3. The van der Waals surface area contributed by atoms with E-state index in [4.69, 9.17) is 11.5 Å². The van der Waals surface area contributed by atoms with E-state index in [-0.39, 0.29) is 0 Å². The molecule has 0 atom stereocenters. The summed E-state index contributed by atoms with van der Waals surface area (Å²) in [5, 5.41) is 10.0. The number of rotatable bonds is 3. The first-order chi connectivity index (χ1) is 7.74. The van der Waals surface area contributed by atoms with E-state index in [2.05, 4.69) is 5.92 Å². The lowest BCUT2D eigenvalue weighted by atomic mass is 10.1. The highest BCUT2D eigenvalue weighted by Crippen LogP contribution is 2.20. The molecular weight excluding hydrogens is 202 g/mol. The Balaban J connectivity index is 2.59. The van der Waals surface area contributed by atoms with Gasteiger partial charge in [-0.25, -0.2) is 4.79 Å². The van der Waals surface area contributed by atoms with Crippen molar-refractivity contribution in [3.05, 3.63) is 36.0 Å². The standard InChI is InChI=1S/C13H11NO2/c1-2-3-8-14-9-7-10-5-4-6-11(12(10)14)13(15)16/h1,4-7,9H,3,8H2,(H,15,16). The van der Waals surface area contributed by atoms with E-state index in [0.717, 1.165) is 10.9 Å². The van der Waals surface area contributed by atoms with Crippen molar-refractivity contribution in [3.8, 4) is 12.3 Å². The van der Waals surface area contributed by atoms with Crippen LogP contribution in [0.4, 0.5) is 0 Å². The van der Waals surface area contributed by atoms with Crippen molar-refractivity contribution in [2.75, 3.05) is 0 Å². The van der Waals surface area contributed by atoms with E-state index in [1.807, 2.05) is 22.9 Å². The molecule has 1 N–H and O–H groups in total. The van der Waals surface area contributed by atoms with Crippen molar-refractivity contribution in [2.45, 2.75) is 13.0 Å². The molecule has 3 nitrogen and oxygen atoms in total. The molecule has 0 bridgehead atoms. The van der Waals surface area contributed by atoms with Gasteiger partial charge in [-0.1, -0.05) is 12.1 Å². The van der Waals surface area contributed by atoms with Gasteiger partial charge in [0.1, 0.15) is 0 Å². The lowest BCUT2D eigenvalue weighted by Gasteiger charge is -2.05. The zero-order valence-electron chi connectivity index (χ0n) is 8.68. The van der Waals surface area contributed by atoms with Crippen LogP contribution in [-0.4, -0.2) is 15.6 Å². The summed E-state index contributed by atoms with van der Waals surface area (Å²) in [4.78, 5) is 11.1. The molecular formula is C13H11NO2. The van der Waals surface area contributed by atoms with E-state index in [9.17, 15) is 4.79 Å². The van der Waals surface area contributed by atoms with Crippen LogP contribution in [0.1, 0.15) is 16.8 Å². The van der Waals surface area contributed by atoms with Gasteiger partial charge >= 0.3 is 5.97 Å². The lowest BCUT2D eigenvalue weighted by molar-refractivity contribution is 0.0698. The minimum atomic E-state index is -0.911. The van der Waals surface area contributed by atoms with Gasteiger partial charge in [0.05, 0.1) is 11.1 Å². The third-order valence-corrected chi connectivity index (χ3v) is 2.52. The summed E-state index contributed by atoms with van der Waals surface area (Å²) in [6.45, 7) is 0.643. The molecule has 0 amide bonds. The van der Waals surface area contributed by atoms with E-state index >= 15 is 0 Å². The zero-order chi connectivity index (χ0) is 11.5. The molecule has 1 aromatic carbocycles. The van der Waals surface area contributed by atoms with Crippen LogP contribution in [-0.2, 0) is 6.54 Å². The molecule has 2 rings (SSSR count). The fourth-order valence-corrected chi connectivity index (χ4v) is 1.81. The third-order valence-electron chi connectivity index (χ3n) is 2.52. The smallest absolute Gasteiger partial charge is 0.337 e. The Kier molecular flexibility index (Phi) is 2.65. The lowest BCUT2D eigenvalue weighted by Crippen LogP contribution is -2.02. The van der Waals surface area contributed by atoms with Crippen LogP contribution in [0.3, 0.4) is 0 Å². The number of fused-ring (bicyclic) bond motifs is 1. The maximum atomic E-state index is 11.1. The number of aromatic carboxylic acids is 1. The zero-order valence-corrected chi connectivity index (χ0v) is 8.68. The summed E-state index contributed by atoms with van der Waals surface area (Å²) < 4.78 is 1.89. The van der Waals surface area contributed by atoms with Crippen LogP contribution in [0.25, 0.3) is 10.9 Å². The maximum Gasteiger partial charge on any atom is 0.337 e. The minimum Gasteiger partial charge on any atom is -0.478 e. The molecule has 0 unspecified atom stereocenters. The Morgan fingerprint density at radius 3 is 2.94 bits per heavy atom. The minimum absolute atomic E-state index is 0.319. The molecule has 0 spiro atoms. The van der Waals surface area contributed by atoms with Crippen LogP contribution in [0.2, 0.25) is 0 Å². The molecule has 80 valence electrons. The number of nitrogens with zero attached hydrogens (tertiary/aromatic N) is 1. The predicted molar refractivity (Wildman–Crippen MR) is 62.3 cm³/mol. The second-order valence-electron chi connectivity index (χ2n) is 3.51. The molecule has 3 heteroatoms. The van der Waals surface area contributed by atoms with E-state index < -0.39 is 5.97 Å². The molecule has 0 saturated heterocycles. The molecule has 0 radical (unpaired) electrons. The number of carboxylic acids is 1. The Morgan fingerprint density at radius 1 is 1.44 bits per heavy atom.